The Morgan fingerprint density at radius 3 is 2.63 bits per heavy atom. The van der Waals surface area contributed by atoms with Gasteiger partial charge in [-0.2, -0.15) is 5.26 Å². The minimum absolute atomic E-state index is 0.0502. The zero-order valence-corrected chi connectivity index (χ0v) is 9.69. The number of halogens is 2. The number of nitriles is 1. The highest BCUT2D eigenvalue weighted by atomic mass is 19.1. The van der Waals surface area contributed by atoms with Crippen LogP contribution >= 0.6 is 0 Å². The Hall–Kier alpha value is -2.42. The molecule has 6 heteroatoms. The quantitative estimate of drug-likeness (QED) is 0.908. The maximum Gasteiger partial charge on any atom is 0.336 e. The first-order valence-electron chi connectivity index (χ1n) is 5.37. The van der Waals surface area contributed by atoms with E-state index in [0.29, 0.717) is 0 Å². The second-order valence-corrected chi connectivity index (χ2v) is 4.12. The lowest BCUT2D eigenvalue weighted by Crippen LogP contribution is -2.41. The van der Waals surface area contributed by atoms with Gasteiger partial charge in [-0.3, -0.25) is 0 Å². The second kappa shape index (κ2) is 4.69. The molecule has 0 aliphatic carbocycles. The number of carbonyl (C=O) groups is 1. The molecule has 0 atom stereocenters. The van der Waals surface area contributed by atoms with Crippen molar-refractivity contribution in [3.05, 3.63) is 35.4 Å². The van der Waals surface area contributed by atoms with Crippen molar-refractivity contribution in [2.24, 2.45) is 0 Å². The molecule has 2 rings (SSSR count). The molecule has 0 unspecified atom stereocenters. The number of carboxylic acids is 1. The van der Waals surface area contributed by atoms with Crippen LogP contribution in [0, 0.1) is 11.3 Å². The summed E-state index contributed by atoms with van der Waals surface area (Å²) < 4.78 is 31.1. The maximum absolute atomic E-state index is 13.0. The summed E-state index contributed by atoms with van der Waals surface area (Å²) in [5, 5.41) is 17.9. The van der Waals surface area contributed by atoms with Gasteiger partial charge in [0.15, 0.2) is 5.60 Å². The SMILES string of the molecule is N#Cc1ccc2c(c1)C(C(=O)O)=CC(CF)(CF)O2. The van der Waals surface area contributed by atoms with Crippen LogP contribution in [0.3, 0.4) is 0 Å². The summed E-state index contributed by atoms with van der Waals surface area (Å²) in [7, 11) is 0. The van der Waals surface area contributed by atoms with E-state index in [2.05, 4.69) is 0 Å². The van der Waals surface area contributed by atoms with Gasteiger partial charge in [-0.05, 0) is 24.3 Å². The van der Waals surface area contributed by atoms with E-state index in [9.17, 15) is 13.6 Å². The number of benzene rings is 1. The molecule has 1 aliphatic heterocycles. The minimum Gasteiger partial charge on any atom is -0.478 e. The number of nitrogens with zero attached hydrogens (tertiary/aromatic N) is 1. The van der Waals surface area contributed by atoms with Crippen LogP contribution < -0.4 is 4.74 Å². The topological polar surface area (TPSA) is 70.3 Å². The second-order valence-electron chi connectivity index (χ2n) is 4.12. The number of hydrogen-bond acceptors (Lipinski definition) is 3. The molecular formula is C13H9F2NO3. The molecule has 0 aromatic heterocycles. The van der Waals surface area contributed by atoms with Crippen molar-refractivity contribution < 1.29 is 23.4 Å². The zero-order chi connectivity index (χ0) is 14.0. The normalized spacial score (nSPS) is 15.7. The molecule has 4 nitrogen and oxygen atoms in total. The number of alkyl halides is 2. The van der Waals surface area contributed by atoms with Crippen molar-refractivity contribution in [3.63, 3.8) is 0 Å². The van der Waals surface area contributed by atoms with Gasteiger partial charge in [-0.15, -0.1) is 0 Å². The predicted molar refractivity (Wildman–Crippen MR) is 62.1 cm³/mol. The Bertz CT molecular complexity index is 600. The number of fused-ring (bicyclic) bond motifs is 1. The molecule has 1 aromatic rings. The number of rotatable bonds is 3. The fourth-order valence-corrected chi connectivity index (χ4v) is 1.83. The Morgan fingerprint density at radius 2 is 2.11 bits per heavy atom. The highest BCUT2D eigenvalue weighted by molar-refractivity contribution is 6.17. The molecule has 0 amide bonds. The highest BCUT2D eigenvalue weighted by Crippen LogP contribution is 2.37. The van der Waals surface area contributed by atoms with Crippen LogP contribution in [0.15, 0.2) is 24.3 Å². The first kappa shape index (κ1) is 13.0. The maximum atomic E-state index is 13.0. The minimum atomic E-state index is -1.91. The lowest BCUT2D eigenvalue weighted by atomic mass is 9.93. The fraction of sp³-hybridized carbons (Fsp3) is 0.231. The van der Waals surface area contributed by atoms with Crippen LogP contribution in [0.5, 0.6) is 5.75 Å². The van der Waals surface area contributed by atoms with E-state index in [1.165, 1.54) is 18.2 Å². The summed E-state index contributed by atoms with van der Waals surface area (Å²) in [4.78, 5) is 11.2. The number of carboxylic acid groups (broad SMARTS) is 1. The third kappa shape index (κ3) is 2.15. The van der Waals surface area contributed by atoms with E-state index < -0.39 is 24.9 Å². The van der Waals surface area contributed by atoms with Crippen LogP contribution in [0.25, 0.3) is 5.57 Å². The van der Waals surface area contributed by atoms with Gasteiger partial charge in [-0.1, -0.05) is 0 Å². The van der Waals surface area contributed by atoms with Crippen LogP contribution in [0.4, 0.5) is 8.78 Å². The van der Waals surface area contributed by atoms with Crippen LogP contribution in [0.2, 0.25) is 0 Å². The average Bonchev–Trinajstić information content (AvgIpc) is 2.45. The van der Waals surface area contributed by atoms with E-state index in [1.54, 1.807) is 0 Å². The third-order valence-electron chi connectivity index (χ3n) is 2.80. The van der Waals surface area contributed by atoms with Gasteiger partial charge in [0.05, 0.1) is 17.2 Å². The summed E-state index contributed by atoms with van der Waals surface area (Å²) in [5.74, 6) is -1.28. The van der Waals surface area contributed by atoms with Crippen molar-refractivity contribution >= 4 is 11.5 Å². The third-order valence-corrected chi connectivity index (χ3v) is 2.80. The van der Waals surface area contributed by atoms with E-state index >= 15 is 0 Å². The Balaban J connectivity index is 2.63. The van der Waals surface area contributed by atoms with E-state index in [-0.39, 0.29) is 22.4 Å². The molecule has 0 spiro atoms. The molecule has 1 N–H and O–H groups in total. The first-order chi connectivity index (χ1) is 9.05. The molecule has 1 aliphatic rings. The average molecular weight is 265 g/mol. The molecule has 0 saturated heterocycles. The van der Waals surface area contributed by atoms with Gasteiger partial charge in [0.2, 0.25) is 0 Å². The lowest BCUT2D eigenvalue weighted by molar-refractivity contribution is -0.130. The molecule has 0 fully saturated rings. The van der Waals surface area contributed by atoms with Gasteiger partial charge in [-0.25, -0.2) is 13.6 Å². The zero-order valence-electron chi connectivity index (χ0n) is 9.69. The van der Waals surface area contributed by atoms with E-state index in [1.807, 2.05) is 6.07 Å². The summed E-state index contributed by atoms with van der Waals surface area (Å²) in [6.07, 6.45) is 0.915. The number of ether oxygens (including phenoxy) is 1. The van der Waals surface area contributed by atoms with Crippen molar-refractivity contribution in [1.82, 2.24) is 0 Å². The standard InChI is InChI=1S/C13H9F2NO3/c14-6-13(7-15)4-10(12(17)18)9-3-8(5-16)1-2-11(9)19-13/h1-4H,6-7H2,(H,17,18). The van der Waals surface area contributed by atoms with Crippen molar-refractivity contribution in [2.75, 3.05) is 13.3 Å². The van der Waals surface area contributed by atoms with Gasteiger partial charge in [0.25, 0.3) is 0 Å². The molecule has 98 valence electrons. The van der Waals surface area contributed by atoms with Crippen molar-refractivity contribution in [2.45, 2.75) is 5.60 Å². The van der Waals surface area contributed by atoms with Crippen LogP contribution in [-0.4, -0.2) is 30.0 Å². The summed E-state index contributed by atoms with van der Waals surface area (Å²) in [6, 6.07) is 5.91. The van der Waals surface area contributed by atoms with Gasteiger partial charge < -0.3 is 9.84 Å². The number of hydrogen-bond donors (Lipinski definition) is 1. The molecule has 0 saturated carbocycles. The Morgan fingerprint density at radius 1 is 1.42 bits per heavy atom. The Labute approximate surface area is 107 Å². The molecule has 1 heterocycles. The smallest absolute Gasteiger partial charge is 0.336 e. The summed E-state index contributed by atoms with van der Waals surface area (Å²) in [6.45, 7) is -2.36. The lowest BCUT2D eigenvalue weighted by Gasteiger charge is -2.31. The largest absolute Gasteiger partial charge is 0.478 e. The van der Waals surface area contributed by atoms with Gasteiger partial charge >= 0.3 is 5.97 Å². The van der Waals surface area contributed by atoms with Crippen molar-refractivity contribution in [1.29, 1.82) is 5.26 Å². The number of aliphatic carboxylic acids is 1. The molecule has 1 aromatic carbocycles. The van der Waals surface area contributed by atoms with Gasteiger partial charge in [0.1, 0.15) is 19.1 Å². The highest BCUT2D eigenvalue weighted by Gasteiger charge is 2.38. The Kier molecular flexibility index (Phi) is 3.21. The monoisotopic (exact) mass is 265 g/mol. The summed E-state index contributed by atoms with van der Waals surface area (Å²) in [5.41, 5.74) is -1.80. The van der Waals surface area contributed by atoms with Crippen LogP contribution in [0.1, 0.15) is 11.1 Å². The van der Waals surface area contributed by atoms with E-state index in [4.69, 9.17) is 15.1 Å². The molecule has 19 heavy (non-hydrogen) atoms. The van der Waals surface area contributed by atoms with Crippen LogP contribution in [-0.2, 0) is 4.79 Å². The predicted octanol–water partition coefficient (Wildman–Crippen LogP) is 2.10. The van der Waals surface area contributed by atoms with E-state index in [0.717, 1.165) is 6.08 Å². The molecular weight excluding hydrogens is 256 g/mol. The molecule has 0 radical (unpaired) electrons. The molecule has 0 bridgehead atoms. The van der Waals surface area contributed by atoms with Gasteiger partial charge in [0, 0.05) is 5.56 Å². The first-order valence-corrected chi connectivity index (χ1v) is 5.37. The summed E-state index contributed by atoms with van der Waals surface area (Å²) >= 11 is 0. The fourth-order valence-electron chi connectivity index (χ4n) is 1.83. The van der Waals surface area contributed by atoms with Crippen molar-refractivity contribution in [3.8, 4) is 11.8 Å².